The van der Waals surface area contributed by atoms with Crippen LogP contribution in [-0.2, 0) is 13.6 Å². The Morgan fingerprint density at radius 3 is 2.54 bits per heavy atom. The van der Waals surface area contributed by atoms with Gasteiger partial charge in [-0.15, -0.1) is 0 Å². The highest BCUT2D eigenvalue weighted by Gasteiger charge is 2.25. The number of furan rings is 1. The Balaban J connectivity index is 1.41. The summed E-state index contributed by atoms with van der Waals surface area (Å²) in [5, 5.41) is 0. The highest BCUT2D eigenvalue weighted by Crippen LogP contribution is 2.19. The van der Waals surface area contributed by atoms with Crippen LogP contribution in [0.4, 0.5) is 0 Å². The van der Waals surface area contributed by atoms with Gasteiger partial charge in [0.1, 0.15) is 17.3 Å². The zero-order chi connectivity index (χ0) is 18.3. The van der Waals surface area contributed by atoms with Crippen molar-refractivity contribution in [3.8, 4) is 0 Å². The highest BCUT2D eigenvalue weighted by atomic mass is 16.3. The quantitative estimate of drug-likeness (QED) is 0.727. The summed E-state index contributed by atoms with van der Waals surface area (Å²) in [6.07, 6.45) is 0. The Hall–Kier alpha value is -2.60. The van der Waals surface area contributed by atoms with Crippen LogP contribution < -0.4 is 0 Å². The number of benzene rings is 1. The van der Waals surface area contributed by atoms with E-state index < -0.39 is 0 Å². The Kier molecular flexibility index (Phi) is 4.28. The fraction of sp³-hybridized carbons (Fsp3) is 0.400. The van der Waals surface area contributed by atoms with E-state index in [1.807, 2.05) is 43.0 Å². The molecule has 0 saturated carbocycles. The number of nitrogens with zero attached hydrogens (tertiary/aromatic N) is 4. The highest BCUT2D eigenvalue weighted by molar-refractivity contribution is 5.95. The van der Waals surface area contributed by atoms with Crippen LogP contribution in [0.25, 0.3) is 11.0 Å². The predicted octanol–water partition coefficient (Wildman–Crippen LogP) is 2.74. The number of imidazole rings is 1. The number of carbonyl (C=O) groups excluding carboxylic acids is 1. The van der Waals surface area contributed by atoms with Gasteiger partial charge in [-0.1, -0.05) is 12.1 Å². The Morgan fingerprint density at radius 1 is 1.15 bits per heavy atom. The van der Waals surface area contributed by atoms with Gasteiger partial charge >= 0.3 is 0 Å². The second-order valence-corrected chi connectivity index (χ2v) is 6.97. The molecule has 1 aliphatic heterocycles. The number of aromatic nitrogens is 2. The minimum Gasteiger partial charge on any atom is -0.466 e. The topological polar surface area (TPSA) is 54.5 Å². The SMILES string of the molecule is Cc1cc(C(=O)N2CCN(Cc3nc4ccccc4n3C)CC2)c(C)o1. The number of hydrogen-bond acceptors (Lipinski definition) is 4. The lowest BCUT2D eigenvalue weighted by Crippen LogP contribution is -2.48. The van der Waals surface area contributed by atoms with Crippen molar-refractivity contribution >= 4 is 16.9 Å². The molecule has 0 unspecified atom stereocenters. The van der Waals surface area contributed by atoms with Crippen molar-refractivity contribution in [2.75, 3.05) is 26.2 Å². The van der Waals surface area contributed by atoms with Crippen LogP contribution in [0.3, 0.4) is 0 Å². The zero-order valence-electron chi connectivity index (χ0n) is 15.5. The standard InChI is InChI=1S/C20H24N4O2/c1-14-12-16(15(2)26-14)20(25)24-10-8-23(9-11-24)13-19-21-17-6-4-5-7-18(17)22(19)3/h4-7,12H,8-11,13H2,1-3H3. The van der Waals surface area contributed by atoms with Gasteiger partial charge in [-0.2, -0.15) is 0 Å². The summed E-state index contributed by atoms with van der Waals surface area (Å²) in [6.45, 7) is 7.69. The molecule has 3 heterocycles. The maximum atomic E-state index is 12.7. The second-order valence-electron chi connectivity index (χ2n) is 6.97. The van der Waals surface area contributed by atoms with Gasteiger partial charge in [0.2, 0.25) is 0 Å². The molecule has 0 aliphatic carbocycles. The van der Waals surface area contributed by atoms with Crippen molar-refractivity contribution in [2.24, 2.45) is 7.05 Å². The summed E-state index contributed by atoms with van der Waals surface area (Å²) >= 11 is 0. The molecule has 1 fully saturated rings. The molecule has 0 spiro atoms. The van der Waals surface area contributed by atoms with Gasteiger partial charge in [0, 0.05) is 33.2 Å². The summed E-state index contributed by atoms with van der Waals surface area (Å²) in [4.78, 5) is 21.7. The van der Waals surface area contributed by atoms with Crippen LogP contribution in [-0.4, -0.2) is 51.4 Å². The number of para-hydroxylation sites is 2. The van der Waals surface area contributed by atoms with Crippen LogP contribution in [0, 0.1) is 13.8 Å². The minimum absolute atomic E-state index is 0.0710. The molecule has 0 bridgehead atoms. The number of amides is 1. The van der Waals surface area contributed by atoms with Crippen LogP contribution in [0.2, 0.25) is 0 Å². The summed E-state index contributed by atoms with van der Waals surface area (Å²) in [5.74, 6) is 2.62. The van der Waals surface area contributed by atoms with Gasteiger partial charge in [-0.05, 0) is 32.0 Å². The van der Waals surface area contributed by atoms with Gasteiger partial charge in [-0.3, -0.25) is 9.69 Å². The number of hydrogen-bond donors (Lipinski definition) is 0. The van der Waals surface area contributed by atoms with E-state index >= 15 is 0 Å². The summed E-state index contributed by atoms with van der Waals surface area (Å²) < 4.78 is 7.66. The van der Waals surface area contributed by atoms with Crippen LogP contribution in [0.5, 0.6) is 0 Å². The molecular weight excluding hydrogens is 328 g/mol. The molecule has 26 heavy (non-hydrogen) atoms. The molecule has 6 nitrogen and oxygen atoms in total. The summed E-state index contributed by atoms with van der Waals surface area (Å²) in [5.41, 5.74) is 2.87. The molecule has 1 aliphatic rings. The number of aryl methyl sites for hydroxylation is 3. The van der Waals surface area contributed by atoms with E-state index in [0.29, 0.717) is 11.3 Å². The summed E-state index contributed by atoms with van der Waals surface area (Å²) in [6, 6.07) is 10.0. The van der Waals surface area contributed by atoms with E-state index in [0.717, 1.165) is 55.3 Å². The van der Waals surface area contributed by atoms with Crippen molar-refractivity contribution in [1.29, 1.82) is 0 Å². The Morgan fingerprint density at radius 2 is 1.88 bits per heavy atom. The molecule has 0 N–H and O–H groups in total. The first-order chi connectivity index (χ1) is 12.5. The smallest absolute Gasteiger partial charge is 0.257 e. The van der Waals surface area contributed by atoms with Crippen molar-refractivity contribution in [2.45, 2.75) is 20.4 Å². The molecule has 136 valence electrons. The van der Waals surface area contributed by atoms with Crippen LogP contribution in [0.1, 0.15) is 27.7 Å². The zero-order valence-corrected chi connectivity index (χ0v) is 15.5. The fourth-order valence-electron chi connectivity index (χ4n) is 3.66. The molecule has 6 heteroatoms. The van der Waals surface area contributed by atoms with Crippen molar-refractivity contribution < 1.29 is 9.21 Å². The maximum Gasteiger partial charge on any atom is 0.257 e. The maximum absolute atomic E-state index is 12.7. The molecule has 2 aromatic heterocycles. The Bertz CT molecular complexity index is 948. The normalized spacial score (nSPS) is 15.7. The second kappa shape index (κ2) is 6.61. The van der Waals surface area contributed by atoms with E-state index in [1.54, 1.807) is 0 Å². The van der Waals surface area contributed by atoms with Crippen LogP contribution >= 0.6 is 0 Å². The lowest BCUT2D eigenvalue weighted by atomic mass is 10.2. The third kappa shape index (κ3) is 3.01. The van der Waals surface area contributed by atoms with Crippen molar-refractivity contribution in [1.82, 2.24) is 19.4 Å². The van der Waals surface area contributed by atoms with Gasteiger partial charge in [-0.25, -0.2) is 4.98 Å². The predicted molar refractivity (Wildman–Crippen MR) is 100 cm³/mol. The first kappa shape index (κ1) is 16.8. The minimum atomic E-state index is 0.0710. The largest absolute Gasteiger partial charge is 0.466 e. The number of rotatable bonds is 3. The lowest BCUT2D eigenvalue weighted by Gasteiger charge is -2.34. The van der Waals surface area contributed by atoms with Crippen LogP contribution in [0.15, 0.2) is 34.7 Å². The van der Waals surface area contributed by atoms with E-state index in [9.17, 15) is 4.79 Å². The first-order valence-corrected chi connectivity index (χ1v) is 9.02. The van der Waals surface area contributed by atoms with E-state index in [1.165, 1.54) is 0 Å². The molecule has 4 rings (SSSR count). The average Bonchev–Trinajstić information content (AvgIpc) is 3.14. The monoisotopic (exact) mass is 352 g/mol. The number of carbonyl (C=O) groups is 1. The van der Waals surface area contributed by atoms with Gasteiger partial charge in [0.25, 0.3) is 5.91 Å². The fourth-order valence-corrected chi connectivity index (χ4v) is 3.66. The lowest BCUT2D eigenvalue weighted by molar-refractivity contribution is 0.0623. The number of fused-ring (bicyclic) bond motifs is 1. The molecule has 3 aromatic rings. The van der Waals surface area contributed by atoms with E-state index in [4.69, 9.17) is 9.40 Å². The molecule has 0 radical (unpaired) electrons. The van der Waals surface area contributed by atoms with Crippen molar-refractivity contribution in [3.63, 3.8) is 0 Å². The van der Waals surface area contributed by atoms with Gasteiger partial charge < -0.3 is 13.9 Å². The average molecular weight is 352 g/mol. The molecule has 1 amide bonds. The summed E-state index contributed by atoms with van der Waals surface area (Å²) in [7, 11) is 2.06. The third-order valence-electron chi connectivity index (χ3n) is 5.18. The first-order valence-electron chi connectivity index (χ1n) is 9.02. The van der Waals surface area contributed by atoms with E-state index in [2.05, 4.69) is 22.6 Å². The van der Waals surface area contributed by atoms with Crippen molar-refractivity contribution in [3.05, 3.63) is 53.2 Å². The molecule has 1 aromatic carbocycles. The number of piperazine rings is 1. The van der Waals surface area contributed by atoms with E-state index in [-0.39, 0.29) is 5.91 Å². The molecular formula is C20H24N4O2. The Labute approximate surface area is 153 Å². The molecule has 0 atom stereocenters. The third-order valence-corrected chi connectivity index (χ3v) is 5.18. The van der Waals surface area contributed by atoms with Gasteiger partial charge in [0.05, 0.1) is 23.1 Å². The molecule has 1 saturated heterocycles. The van der Waals surface area contributed by atoms with Gasteiger partial charge in [0.15, 0.2) is 0 Å².